The molecule has 0 bridgehead atoms. The molecule has 6 unspecified atom stereocenters. The number of carbonyl (C=O) groups excluding carboxylic acids is 2. The molecule has 1 aliphatic rings. The first-order valence-electron chi connectivity index (χ1n) is 29.9. The largest absolute Gasteiger partial charge is 0.462 e. The lowest BCUT2D eigenvalue weighted by Gasteiger charge is -2.40. The van der Waals surface area contributed by atoms with E-state index in [1.807, 2.05) is 0 Å². The molecule has 12 nitrogen and oxygen atoms in total. The number of carbonyl (C=O) groups is 2. The lowest BCUT2D eigenvalue weighted by molar-refractivity contribution is -0.297. The minimum absolute atomic E-state index is 0.166. The van der Waals surface area contributed by atoms with Gasteiger partial charge in [-0.05, 0) is 44.9 Å². The molecule has 1 heterocycles. The van der Waals surface area contributed by atoms with E-state index >= 15 is 0 Å². The van der Waals surface area contributed by atoms with Crippen LogP contribution < -0.4 is 0 Å². The number of hydrogen-bond donors (Lipinski definition) is 4. The first-order chi connectivity index (χ1) is 35.0. The van der Waals surface area contributed by atoms with Gasteiger partial charge in [0.15, 0.2) is 12.4 Å². The summed E-state index contributed by atoms with van der Waals surface area (Å²) in [6, 6.07) is 0. The zero-order chi connectivity index (χ0) is 52.6. The Morgan fingerprint density at radius 2 is 0.833 bits per heavy atom. The van der Waals surface area contributed by atoms with Gasteiger partial charge in [0.25, 0.3) is 10.1 Å². The van der Waals surface area contributed by atoms with Crippen molar-refractivity contribution in [3.8, 4) is 0 Å². The molecule has 0 aliphatic carbocycles. The minimum atomic E-state index is -4.61. The lowest BCUT2D eigenvalue weighted by atomic mass is 10.00. The van der Waals surface area contributed by atoms with Crippen LogP contribution in [-0.2, 0) is 38.7 Å². The third-order valence-corrected chi connectivity index (χ3v) is 14.8. The SMILES string of the molecule is CCCCCCC/C=C\C/C=C\CCCCCCCCCCCCCC(=O)OC(COC(=O)CCCCCCCCCCCCCCCCCCCCCCC)COC1OC(CS(=O)(=O)O)C(O)C(O)C1O. The van der Waals surface area contributed by atoms with Crippen molar-refractivity contribution in [3.63, 3.8) is 0 Å². The van der Waals surface area contributed by atoms with E-state index in [-0.39, 0.29) is 19.4 Å². The number of unbranched alkanes of at least 4 members (excludes halogenated alkanes) is 36. The van der Waals surface area contributed by atoms with Gasteiger partial charge in [-0.1, -0.05) is 250 Å². The van der Waals surface area contributed by atoms with Crippen LogP contribution in [0, 0.1) is 0 Å². The second-order valence-electron chi connectivity index (χ2n) is 21.0. The minimum Gasteiger partial charge on any atom is -0.462 e. The molecule has 6 atom stereocenters. The fraction of sp³-hybridized carbons (Fsp3) is 0.898. The maximum absolute atomic E-state index is 12.9. The fourth-order valence-corrected chi connectivity index (χ4v) is 10.1. The quantitative estimate of drug-likeness (QED) is 0.0196. The van der Waals surface area contributed by atoms with E-state index in [1.165, 1.54) is 199 Å². The Kier molecular flexibility index (Phi) is 46.1. The van der Waals surface area contributed by atoms with Crippen LogP contribution in [0.5, 0.6) is 0 Å². The Balaban J connectivity index is 2.29. The second-order valence-corrected chi connectivity index (χ2v) is 22.5. The maximum atomic E-state index is 12.9. The van der Waals surface area contributed by atoms with Crippen LogP contribution in [0.1, 0.15) is 284 Å². The Hall–Kier alpha value is -1.87. The molecule has 1 rings (SSSR count). The molecule has 424 valence electrons. The molecule has 13 heteroatoms. The van der Waals surface area contributed by atoms with Crippen LogP contribution in [0.4, 0.5) is 0 Å². The van der Waals surface area contributed by atoms with E-state index in [0.29, 0.717) is 12.8 Å². The number of aliphatic hydroxyl groups is 3. The fourth-order valence-electron chi connectivity index (χ4n) is 9.42. The summed E-state index contributed by atoms with van der Waals surface area (Å²) in [5.74, 6) is -1.96. The summed E-state index contributed by atoms with van der Waals surface area (Å²) in [7, 11) is -4.61. The van der Waals surface area contributed by atoms with Crippen molar-refractivity contribution in [3.05, 3.63) is 24.3 Å². The molecule has 0 spiro atoms. The van der Waals surface area contributed by atoms with Gasteiger partial charge in [-0.15, -0.1) is 0 Å². The number of hydrogen-bond acceptors (Lipinski definition) is 11. The molecule has 0 amide bonds. The van der Waals surface area contributed by atoms with E-state index in [1.54, 1.807) is 0 Å². The molecular formula is C59H110O12S. The van der Waals surface area contributed by atoms with Crippen molar-refractivity contribution in [2.75, 3.05) is 19.0 Å². The summed E-state index contributed by atoms with van der Waals surface area (Å²) >= 11 is 0. The summed E-state index contributed by atoms with van der Waals surface area (Å²) in [5.41, 5.74) is 0. The van der Waals surface area contributed by atoms with Crippen LogP contribution >= 0.6 is 0 Å². The highest BCUT2D eigenvalue weighted by atomic mass is 32.2. The van der Waals surface area contributed by atoms with Gasteiger partial charge in [-0.2, -0.15) is 8.42 Å². The Morgan fingerprint density at radius 1 is 0.472 bits per heavy atom. The summed E-state index contributed by atoms with van der Waals surface area (Å²) in [6.45, 7) is 3.82. The zero-order valence-electron chi connectivity index (χ0n) is 46.1. The van der Waals surface area contributed by atoms with Crippen molar-refractivity contribution < 1.29 is 56.8 Å². The molecule has 1 fully saturated rings. The Morgan fingerprint density at radius 3 is 1.22 bits per heavy atom. The van der Waals surface area contributed by atoms with E-state index < -0.39 is 71.2 Å². The van der Waals surface area contributed by atoms with Gasteiger partial charge in [0.05, 0.1) is 6.61 Å². The standard InChI is InChI=1S/C59H110O12S/c1-3-5-7-9-11-13-15-17-19-21-23-25-26-28-30-32-34-36-38-40-42-44-46-48-55(61)70-52(50-69-59-58(64)57(63)56(62)53(71-59)51-72(65,66)67)49-68-54(60)47-45-43-41-39-37-35-33-31-29-27-24-22-20-18-16-14-12-10-8-6-4-2/h15,17,21,23,52-53,56-59,62-64H,3-14,16,18-20,22,24-51H2,1-2H3,(H,65,66,67)/b17-15-,23-21-. The molecule has 0 radical (unpaired) electrons. The highest BCUT2D eigenvalue weighted by Gasteiger charge is 2.46. The average Bonchev–Trinajstić information content (AvgIpc) is 3.35. The maximum Gasteiger partial charge on any atom is 0.306 e. The van der Waals surface area contributed by atoms with Gasteiger partial charge >= 0.3 is 11.9 Å². The predicted molar refractivity (Wildman–Crippen MR) is 293 cm³/mol. The Labute approximate surface area is 440 Å². The van der Waals surface area contributed by atoms with E-state index in [2.05, 4.69) is 38.2 Å². The van der Waals surface area contributed by atoms with E-state index in [9.17, 15) is 37.9 Å². The van der Waals surface area contributed by atoms with Crippen molar-refractivity contribution in [1.82, 2.24) is 0 Å². The van der Waals surface area contributed by atoms with E-state index in [0.717, 1.165) is 44.9 Å². The monoisotopic (exact) mass is 1040 g/mol. The highest BCUT2D eigenvalue weighted by molar-refractivity contribution is 7.85. The summed E-state index contributed by atoms with van der Waals surface area (Å²) in [6.07, 6.45) is 49.3. The van der Waals surface area contributed by atoms with Crippen molar-refractivity contribution in [2.45, 2.75) is 320 Å². The molecule has 0 aromatic carbocycles. The molecule has 0 saturated carbocycles. The summed E-state index contributed by atoms with van der Waals surface area (Å²) in [5, 5.41) is 31.1. The van der Waals surface area contributed by atoms with Gasteiger partial charge in [-0.25, -0.2) is 0 Å². The molecule has 0 aromatic heterocycles. The Bertz CT molecular complexity index is 1410. The van der Waals surface area contributed by atoms with Crippen molar-refractivity contribution in [1.29, 1.82) is 0 Å². The third-order valence-electron chi connectivity index (χ3n) is 14.0. The van der Waals surface area contributed by atoms with Crippen molar-refractivity contribution >= 4 is 22.1 Å². The number of rotatable bonds is 52. The molecule has 1 saturated heterocycles. The van der Waals surface area contributed by atoms with Crippen molar-refractivity contribution in [2.24, 2.45) is 0 Å². The van der Waals surface area contributed by atoms with Crippen LogP contribution in [-0.4, -0.2) is 96.0 Å². The summed E-state index contributed by atoms with van der Waals surface area (Å²) < 4.78 is 54.5. The molecular weight excluding hydrogens is 933 g/mol. The highest BCUT2D eigenvalue weighted by Crippen LogP contribution is 2.24. The summed E-state index contributed by atoms with van der Waals surface area (Å²) in [4.78, 5) is 25.7. The zero-order valence-corrected chi connectivity index (χ0v) is 46.9. The first kappa shape index (κ1) is 68.1. The van der Waals surface area contributed by atoms with Gasteiger partial charge < -0.3 is 34.3 Å². The van der Waals surface area contributed by atoms with Gasteiger partial charge in [-0.3, -0.25) is 14.1 Å². The average molecular weight is 1040 g/mol. The van der Waals surface area contributed by atoms with Gasteiger partial charge in [0.2, 0.25) is 0 Å². The number of allylic oxidation sites excluding steroid dienone is 4. The number of ether oxygens (including phenoxy) is 4. The second kappa shape index (κ2) is 48.8. The van der Waals surface area contributed by atoms with Crippen LogP contribution in [0.2, 0.25) is 0 Å². The lowest BCUT2D eigenvalue weighted by Crippen LogP contribution is -2.60. The van der Waals surface area contributed by atoms with Crippen LogP contribution in [0.25, 0.3) is 0 Å². The number of esters is 2. The topological polar surface area (TPSA) is 186 Å². The first-order valence-corrected chi connectivity index (χ1v) is 31.5. The predicted octanol–water partition coefficient (Wildman–Crippen LogP) is 14.7. The van der Waals surface area contributed by atoms with Crippen LogP contribution in [0.3, 0.4) is 0 Å². The van der Waals surface area contributed by atoms with E-state index in [4.69, 9.17) is 18.9 Å². The normalized spacial score (nSPS) is 18.9. The molecule has 72 heavy (non-hydrogen) atoms. The third kappa shape index (κ3) is 42.4. The molecule has 0 aromatic rings. The van der Waals surface area contributed by atoms with Crippen LogP contribution in [0.15, 0.2) is 24.3 Å². The van der Waals surface area contributed by atoms with Gasteiger partial charge in [0.1, 0.15) is 36.8 Å². The van der Waals surface area contributed by atoms with Gasteiger partial charge in [0, 0.05) is 12.8 Å². The molecule has 4 N–H and O–H groups in total. The smallest absolute Gasteiger partial charge is 0.306 e. The number of aliphatic hydroxyl groups excluding tert-OH is 3. The molecule has 1 aliphatic heterocycles.